The molecule has 0 aromatic rings. The first kappa shape index (κ1) is 19.1. The first-order valence-electron chi connectivity index (χ1n) is 6.66. The highest BCUT2D eigenvalue weighted by Crippen LogP contribution is 2.10. The molecule has 0 fully saturated rings. The van der Waals surface area contributed by atoms with Gasteiger partial charge in [-0.25, -0.2) is 13.2 Å². The van der Waals surface area contributed by atoms with Crippen molar-refractivity contribution in [3.8, 4) is 0 Å². The molecule has 1 N–H and O–H groups in total. The number of hydrogen-bond acceptors (Lipinski definition) is 6. The number of aliphatic hydroxyl groups excluding tert-OH is 1. The van der Waals surface area contributed by atoms with Crippen LogP contribution in [0.4, 0.5) is 0 Å². The Morgan fingerprint density at radius 1 is 1.35 bits per heavy atom. The average molecular weight is 307 g/mol. The molecule has 0 radical (unpaired) electrons. The zero-order valence-electron chi connectivity index (χ0n) is 12.0. The maximum absolute atomic E-state index is 11.3. The molecule has 0 rings (SSSR count). The fraction of sp³-hybridized carbons (Fsp3) is 0.769. The van der Waals surface area contributed by atoms with Gasteiger partial charge in [-0.05, 0) is 33.1 Å². The third-order valence-corrected chi connectivity index (χ3v) is 3.30. The van der Waals surface area contributed by atoms with Gasteiger partial charge < -0.3 is 14.4 Å². The first-order chi connectivity index (χ1) is 9.20. The van der Waals surface area contributed by atoms with Gasteiger partial charge in [0.05, 0.1) is 22.0 Å². The van der Waals surface area contributed by atoms with Crippen LogP contribution in [-0.2, 0) is 19.6 Å². The van der Waals surface area contributed by atoms with Crippen LogP contribution in [0.15, 0.2) is 11.6 Å². The summed E-state index contributed by atoms with van der Waals surface area (Å²) in [5.74, 6) is -1.33. The van der Waals surface area contributed by atoms with E-state index in [0.717, 1.165) is 37.7 Å². The molecule has 0 saturated carbocycles. The van der Waals surface area contributed by atoms with Crippen LogP contribution in [0.1, 0.15) is 46.0 Å². The number of hydrogen-bond donors (Lipinski definition) is 1. The lowest BCUT2D eigenvalue weighted by Crippen LogP contribution is -2.13. The highest BCUT2D eigenvalue weighted by atomic mass is 32.2. The van der Waals surface area contributed by atoms with Gasteiger partial charge in [0.2, 0.25) is 0 Å². The average Bonchev–Trinajstić information content (AvgIpc) is 2.26. The van der Waals surface area contributed by atoms with E-state index in [1.54, 1.807) is 13.8 Å². The van der Waals surface area contributed by atoms with Gasteiger partial charge in [-0.15, -0.1) is 0 Å². The fourth-order valence-electron chi connectivity index (χ4n) is 1.58. The number of rotatable bonds is 10. The number of aliphatic hydroxyl groups is 1. The molecule has 0 aromatic carbocycles. The number of allylic oxidation sites excluding steroid dienone is 1. The lowest BCUT2D eigenvalue weighted by atomic mass is 10.1. The number of ether oxygens (including phenoxy) is 1. The van der Waals surface area contributed by atoms with Gasteiger partial charge in [0, 0.05) is 6.08 Å². The highest BCUT2D eigenvalue weighted by Gasteiger charge is 2.02. The van der Waals surface area contributed by atoms with Crippen molar-refractivity contribution in [2.45, 2.75) is 52.1 Å². The smallest absolute Gasteiger partial charge is 0.330 e. The lowest BCUT2D eigenvalue weighted by Gasteiger charge is -2.07. The maximum Gasteiger partial charge on any atom is 0.330 e. The van der Waals surface area contributed by atoms with E-state index >= 15 is 0 Å². The van der Waals surface area contributed by atoms with E-state index in [1.165, 1.54) is 6.08 Å². The van der Waals surface area contributed by atoms with Crippen LogP contribution in [0.2, 0.25) is 0 Å². The van der Waals surface area contributed by atoms with Crippen molar-refractivity contribution in [1.82, 2.24) is 0 Å². The molecule has 1 atom stereocenters. The van der Waals surface area contributed by atoms with Gasteiger partial charge in [0.25, 0.3) is 0 Å². The van der Waals surface area contributed by atoms with Crippen molar-refractivity contribution in [3.05, 3.63) is 11.6 Å². The number of carbonyl (C=O) groups is 1. The van der Waals surface area contributed by atoms with Crippen molar-refractivity contribution in [3.63, 3.8) is 0 Å². The molecule has 0 aliphatic carbocycles. The van der Waals surface area contributed by atoms with Crippen LogP contribution in [0.5, 0.6) is 0 Å². The van der Waals surface area contributed by atoms with Crippen molar-refractivity contribution in [1.29, 1.82) is 0 Å². The summed E-state index contributed by atoms with van der Waals surface area (Å²) >= 11 is 0. The minimum Gasteiger partial charge on any atom is -0.748 e. The molecular weight excluding hydrogens is 284 g/mol. The van der Waals surface area contributed by atoms with E-state index < -0.39 is 28.4 Å². The predicted octanol–water partition coefficient (Wildman–Crippen LogP) is 1.35. The summed E-state index contributed by atoms with van der Waals surface area (Å²) in [4.78, 5) is 11.3. The molecule has 0 bridgehead atoms. The van der Waals surface area contributed by atoms with Crippen LogP contribution in [0, 0.1) is 0 Å². The summed E-state index contributed by atoms with van der Waals surface area (Å²) in [7, 11) is -4.34. The fourth-order valence-corrected chi connectivity index (χ4v) is 1.87. The first-order valence-corrected chi connectivity index (χ1v) is 8.24. The van der Waals surface area contributed by atoms with Gasteiger partial charge in [-0.1, -0.05) is 18.4 Å². The second kappa shape index (κ2) is 9.90. The number of unbranched alkanes of at least 4 members (excludes halogenated alkanes) is 2. The van der Waals surface area contributed by atoms with Crippen LogP contribution in [0.3, 0.4) is 0 Å². The molecule has 7 heteroatoms. The predicted molar refractivity (Wildman–Crippen MR) is 74.0 cm³/mol. The van der Waals surface area contributed by atoms with Crippen LogP contribution >= 0.6 is 0 Å². The van der Waals surface area contributed by atoms with E-state index in [-0.39, 0.29) is 6.10 Å². The third-order valence-electron chi connectivity index (χ3n) is 2.63. The monoisotopic (exact) mass is 307 g/mol. The van der Waals surface area contributed by atoms with Crippen molar-refractivity contribution in [2.24, 2.45) is 0 Å². The quantitative estimate of drug-likeness (QED) is 0.283. The zero-order valence-corrected chi connectivity index (χ0v) is 12.8. The Morgan fingerprint density at radius 2 is 2.00 bits per heavy atom. The van der Waals surface area contributed by atoms with Gasteiger partial charge in [0.1, 0.15) is 6.61 Å². The molecule has 20 heavy (non-hydrogen) atoms. The molecular formula is C13H23O6S-. The zero-order chi connectivity index (χ0) is 15.6. The largest absolute Gasteiger partial charge is 0.748 e. The van der Waals surface area contributed by atoms with Crippen LogP contribution < -0.4 is 0 Å². The minimum absolute atomic E-state index is 0.279. The third kappa shape index (κ3) is 13.5. The number of esters is 1. The van der Waals surface area contributed by atoms with E-state index in [9.17, 15) is 17.8 Å². The van der Waals surface area contributed by atoms with E-state index in [2.05, 4.69) is 4.74 Å². The van der Waals surface area contributed by atoms with Crippen molar-refractivity contribution in [2.75, 3.05) is 12.4 Å². The Labute approximate surface area is 120 Å². The summed E-state index contributed by atoms with van der Waals surface area (Å²) in [6.07, 6.45) is 5.38. The molecule has 0 spiro atoms. The molecule has 0 unspecified atom stereocenters. The van der Waals surface area contributed by atoms with Gasteiger partial charge >= 0.3 is 5.97 Å². The van der Waals surface area contributed by atoms with Gasteiger partial charge in [-0.3, -0.25) is 0 Å². The van der Waals surface area contributed by atoms with Crippen molar-refractivity contribution >= 4 is 16.1 Å². The molecule has 0 amide bonds. The molecule has 0 aliphatic rings. The SMILES string of the molecule is C/C(=C/C(=O)OCCS(=O)(=O)[O-])CCCCC[C@@H](C)O. The Morgan fingerprint density at radius 3 is 2.55 bits per heavy atom. The molecule has 0 saturated heterocycles. The normalized spacial score (nSPS) is 14.1. The second-order valence-corrected chi connectivity index (χ2v) is 6.39. The summed E-state index contributed by atoms with van der Waals surface area (Å²) < 4.78 is 35.5. The summed E-state index contributed by atoms with van der Waals surface area (Å²) in [5, 5.41) is 9.08. The van der Waals surface area contributed by atoms with Gasteiger partial charge in [-0.2, -0.15) is 0 Å². The highest BCUT2D eigenvalue weighted by molar-refractivity contribution is 7.85. The van der Waals surface area contributed by atoms with E-state index in [4.69, 9.17) is 5.11 Å². The van der Waals surface area contributed by atoms with Gasteiger partial charge in [0.15, 0.2) is 0 Å². The van der Waals surface area contributed by atoms with E-state index in [0.29, 0.717) is 0 Å². The molecule has 0 aromatic heterocycles. The Hall–Kier alpha value is -0.920. The summed E-state index contributed by atoms with van der Waals surface area (Å²) in [6, 6.07) is 0. The summed E-state index contributed by atoms with van der Waals surface area (Å²) in [5.41, 5.74) is 0.844. The standard InChI is InChI=1S/C13H24O6S/c1-11(6-4-3-5-7-12(2)14)10-13(15)19-8-9-20(16,17)18/h10,12,14H,3-9H2,1-2H3,(H,16,17,18)/p-1/b11-10-/t12-/m1/s1. The lowest BCUT2D eigenvalue weighted by molar-refractivity contribution is -0.137. The summed E-state index contributed by atoms with van der Waals surface area (Å²) in [6.45, 7) is 3.13. The molecule has 118 valence electrons. The Balaban J connectivity index is 3.79. The Bertz CT molecular complexity index is 411. The topological polar surface area (TPSA) is 104 Å². The van der Waals surface area contributed by atoms with Crippen LogP contribution in [-0.4, -0.2) is 42.5 Å². The minimum atomic E-state index is -4.34. The molecule has 0 heterocycles. The molecule has 6 nitrogen and oxygen atoms in total. The van der Waals surface area contributed by atoms with Crippen LogP contribution in [0.25, 0.3) is 0 Å². The Kier molecular flexibility index (Phi) is 9.45. The maximum atomic E-state index is 11.3. The second-order valence-electron chi connectivity index (χ2n) is 4.87. The van der Waals surface area contributed by atoms with E-state index in [1.807, 2.05) is 0 Å². The van der Waals surface area contributed by atoms with Crippen molar-refractivity contribution < 1.29 is 27.6 Å². The molecule has 0 aliphatic heterocycles. The number of carbonyl (C=O) groups excluding carboxylic acids is 1.